The molecule has 0 spiro atoms. The number of benzene rings is 1. The molecule has 0 aromatic heterocycles. The summed E-state index contributed by atoms with van der Waals surface area (Å²) in [6.45, 7) is 0.590. The van der Waals surface area contributed by atoms with E-state index in [1.54, 1.807) is 0 Å². The summed E-state index contributed by atoms with van der Waals surface area (Å²) < 4.78 is 19.7. The molecule has 0 radical (unpaired) electrons. The number of rotatable bonds is 0. The predicted molar refractivity (Wildman–Crippen MR) is 79.0 cm³/mol. The molecule has 2 heterocycles. The topological polar surface area (TPSA) is 70.1 Å². The highest BCUT2D eigenvalue weighted by Gasteiger charge is 2.38. The van der Waals surface area contributed by atoms with Crippen molar-refractivity contribution >= 4 is 39.5 Å². The average Bonchev–Trinajstić information content (AvgIpc) is 2.63. The summed E-state index contributed by atoms with van der Waals surface area (Å²) in [4.78, 5) is 26.4. The van der Waals surface area contributed by atoms with E-state index in [1.165, 1.54) is 15.9 Å². The highest BCUT2D eigenvalue weighted by molar-refractivity contribution is 9.10. The van der Waals surface area contributed by atoms with Crippen LogP contribution < -0.4 is 4.74 Å². The SMILES string of the molecule is O=C(O)N1CCN2C(=O)c3cc(Cl)c(Br)c(F)c3OC[C@H]2C1. The highest BCUT2D eigenvalue weighted by atomic mass is 79.9. The first-order valence-electron chi connectivity index (χ1n) is 6.49. The Hall–Kier alpha value is -1.54. The van der Waals surface area contributed by atoms with Gasteiger partial charge in [-0.15, -0.1) is 0 Å². The van der Waals surface area contributed by atoms with Crippen LogP contribution in [0.15, 0.2) is 10.5 Å². The second kappa shape index (κ2) is 5.58. The predicted octanol–water partition coefficient (Wildman–Crippen LogP) is 2.44. The van der Waals surface area contributed by atoms with Crippen molar-refractivity contribution in [3.05, 3.63) is 26.9 Å². The van der Waals surface area contributed by atoms with Gasteiger partial charge in [-0.2, -0.15) is 0 Å². The summed E-state index contributed by atoms with van der Waals surface area (Å²) in [5.74, 6) is -1.29. The van der Waals surface area contributed by atoms with Crippen LogP contribution >= 0.6 is 27.5 Å². The van der Waals surface area contributed by atoms with E-state index in [0.717, 1.165) is 0 Å². The second-order valence-electron chi connectivity index (χ2n) is 5.06. The van der Waals surface area contributed by atoms with Crippen LogP contribution in [0.25, 0.3) is 0 Å². The van der Waals surface area contributed by atoms with Crippen LogP contribution in [0.3, 0.4) is 0 Å². The Morgan fingerprint density at radius 2 is 2.23 bits per heavy atom. The molecule has 1 saturated heterocycles. The van der Waals surface area contributed by atoms with Gasteiger partial charge in [-0.3, -0.25) is 4.79 Å². The van der Waals surface area contributed by atoms with Crippen molar-refractivity contribution in [1.29, 1.82) is 0 Å². The number of amides is 2. The molecule has 0 saturated carbocycles. The third-order valence-electron chi connectivity index (χ3n) is 3.78. The maximum atomic E-state index is 14.2. The Kier molecular flexibility index (Phi) is 3.90. The Morgan fingerprint density at radius 1 is 1.50 bits per heavy atom. The molecule has 2 aliphatic rings. The van der Waals surface area contributed by atoms with Crippen LogP contribution in [0.2, 0.25) is 5.02 Å². The van der Waals surface area contributed by atoms with Crippen molar-refractivity contribution in [2.24, 2.45) is 0 Å². The summed E-state index contributed by atoms with van der Waals surface area (Å²) in [5, 5.41) is 9.13. The molecule has 0 aliphatic carbocycles. The van der Waals surface area contributed by atoms with Crippen LogP contribution in [0, 0.1) is 5.82 Å². The first-order valence-corrected chi connectivity index (χ1v) is 7.66. The number of hydrogen-bond donors (Lipinski definition) is 1. The molecule has 3 rings (SSSR count). The number of hydrogen-bond acceptors (Lipinski definition) is 3. The van der Waals surface area contributed by atoms with E-state index in [2.05, 4.69) is 15.9 Å². The number of carboxylic acid groups (broad SMARTS) is 1. The van der Waals surface area contributed by atoms with Crippen molar-refractivity contribution in [3.63, 3.8) is 0 Å². The van der Waals surface area contributed by atoms with Crippen LogP contribution in [-0.4, -0.2) is 59.2 Å². The lowest BCUT2D eigenvalue weighted by Crippen LogP contribution is -2.57. The van der Waals surface area contributed by atoms with Gasteiger partial charge in [0.1, 0.15) is 6.61 Å². The van der Waals surface area contributed by atoms with E-state index in [4.69, 9.17) is 21.4 Å². The zero-order valence-corrected chi connectivity index (χ0v) is 13.5. The summed E-state index contributed by atoms with van der Waals surface area (Å²) in [6, 6.07) is 0.903. The molecular formula is C13H11BrClFN2O4. The molecule has 9 heteroatoms. The second-order valence-corrected chi connectivity index (χ2v) is 6.26. The minimum atomic E-state index is -1.05. The van der Waals surface area contributed by atoms with Crippen LogP contribution in [0.5, 0.6) is 5.75 Å². The third kappa shape index (κ3) is 2.40. The maximum absolute atomic E-state index is 14.2. The molecule has 2 amide bonds. The molecule has 1 fully saturated rings. The Balaban J connectivity index is 1.98. The lowest BCUT2D eigenvalue weighted by molar-refractivity contribution is 0.0388. The summed E-state index contributed by atoms with van der Waals surface area (Å²) in [6.07, 6.45) is -1.05. The van der Waals surface area contributed by atoms with Gasteiger partial charge in [0.2, 0.25) is 0 Å². The molecule has 1 atom stereocenters. The molecule has 1 aromatic carbocycles. The van der Waals surface area contributed by atoms with Crippen LogP contribution in [0.4, 0.5) is 9.18 Å². The van der Waals surface area contributed by atoms with Gasteiger partial charge in [0.25, 0.3) is 5.91 Å². The van der Waals surface area contributed by atoms with E-state index >= 15 is 0 Å². The zero-order valence-electron chi connectivity index (χ0n) is 11.2. The zero-order chi connectivity index (χ0) is 16.0. The molecular weight excluding hydrogens is 383 g/mol. The molecule has 1 aromatic rings. The minimum Gasteiger partial charge on any atom is -0.487 e. The Bertz CT molecular complexity index is 672. The summed E-state index contributed by atoms with van der Waals surface area (Å²) >= 11 is 8.92. The number of piperazine rings is 1. The fourth-order valence-corrected chi connectivity index (χ4v) is 3.14. The largest absolute Gasteiger partial charge is 0.487 e. The highest BCUT2D eigenvalue weighted by Crippen LogP contribution is 2.37. The van der Waals surface area contributed by atoms with E-state index in [1.807, 2.05) is 0 Å². The van der Waals surface area contributed by atoms with Crippen molar-refractivity contribution in [2.75, 3.05) is 26.2 Å². The maximum Gasteiger partial charge on any atom is 0.407 e. The Labute approximate surface area is 138 Å². The van der Waals surface area contributed by atoms with Gasteiger partial charge in [-0.05, 0) is 22.0 Å². The summed E-state index contributed by atoms with van der Waals surface area (Å²) in [5.41, 5.74) is 0.0528. The number of fused-ring (bicyclic) bond motifs is 2. The number of halogens is 3. The normalized spacial score (nSPS) is 20.9. The lowest BCUT2D eigenvalue weighted by atomic mass is 10.1. The van der Waals surface area contributed by atoms with Gasteiger partial charge in [0.15, 0.2) is 11.6 Å². The molecule has 0 unspecified atom stereocenters. The number of nitrogens with zero attached hydrogens (tertiary/aromatic N) is 2. The van der Waals surface area contributed by atoms with Crippen molar-refractivity contribution in [1.82, 2.24) is 9.80 Å². The summed E-state index contributed by atoms with van der Waals surface area (Å²) in [7, 11) is 0. The monoisotopic (exact) mass is 392 g/mol. The van der Waals surface area contributed by atoms with Gasteiger partial charge in [0, 0.05) is 19.6 Å². The first-order chi connectivity index (χ1) is 10.4. The lowest BCUT2D eigenvalue weighted by Gasteiger charge is -2.38. The molecule has 2 aliphatic heterocycles. The van der Waals surface area contributed by atoms with E-state index < -0.39 is 23.9 Å². The molecule has 118 valence electrons. The van der Waals surface area contributed by atoms with Crippen molar-refractivity contribution in [2.45, 2.75) is 6.04 Å². The number of ether oxygens (including phenoxy) is 1. The molecule has 6 nitrogen and oxygen atoms in total. The molecule has 0 bridgehead atoms. The Morgan fingerprint density at radius 3 is 2.91 bits per heavy atom. The smallest absolute Gasteiger partial charge is 0.407 e. The quantitative estimate of drug-likeness (QED) is 0.687. The van der Waals surface area contributed by atoms with E-state index in [9.17, 15) is 14.0 Å². The van der Waals surface area contributed by atoms with Crippen LogP contribution in [0.1, 0.15) is 10.4 Å². The van der Waals surface area contributed by atoms with Gasteiger partial charge >= 0.3 is 6.09 Å². The minimum absolute atomic E-state index is 0.0213. The van der Waals surface area contributed by atoms with Gasteiger partial charge < -0.3 is 19.6 Å². The molecule has 22 heavy (non-hydrogen) atoms. The van der Waals surface area contributed by atoms with E-state index in [0.29, 0.717) is 0 Å². The first kappa shape index (κ1) is 15.4. The fraction of sp³-hybridized carbons (Fsp3) is 0.385. The average molecular weight is 394 g/mol. The van der Waals surface area contributed by atoms with Crippen molar-refractivity contribution in [3.8, 4) is 5.75 Å². The van der Waals surface area contributed by atoms with Gasteiger partial charge in [0.05, 0.1) is 21.1 Å². The van der Waals surface area contributed by atoms with Crippen LogP contribution in [-0.2, 0) is 0 Å². The van der Waals surface area contributed by atoms with Crippen molar-refractivity contribution < 1.29 is 23.8 Å². The third-order valence-corrected chi connectivity index (χ3v) is 5.08. The fourth-order valence-electron chi connectivity index (χ4n) is 2.65. The van der Waals surface area contributed by atoms with Gasteiger partial charge in [-0.25, -0.2) is 9.18 Å². The van der Waals surface area contributed by atoms with Gasteiger partial charge in [-0.1, -0.05) is 11.6 Å². The molecule has 1 N–H and O–H groups in total. The number of carbonyl (C=O) groups excluding carboxylic acids is 1. The number of carbonyl (C=O) groups is 2. The standard InChI is InChI=1S/C13H11BrClFN2O4/c14-9-8(15)3-7-11(10(9)16)22-5-6-4-17(13(20)21)1-2-18(6)12(7)19/h3,6H,1-2,4-5H2,(H,20,21)/t6-/m1/s1. The van der Waals surface area contributed by atoms with E-state index in [-0.39, 0.29) is 47.0 Å².